The molecular formula is C18H28BrN. The lowest BCUT2D eigenvalue weighted by molar-refractivity contribution is 0.178. The van der Waals surface area contributed by atoms with Crippen LogP contribution in [-0.2, 0) is 12.0 Å². The van der Waals surface area contributed by atoms with Crippen molar-refractivity contribution < 1.29 is 0 Å². The summed E-state index contributed by atoms with van der Waals surface area (Å²) in [5.74, 6) is 0.856. The molecule has 0 amide bonds. The summed E-state index contributed by atoms with van der Waals surface area (Å²) in [5.41, 5.74) is 3.12. The molecule has 20 heavy (non-hydrogen) atoms. The average Bonchev–Trinajstić information content (AvgIpc) is 2.39. The molecule has 1 aromatic carbocycles. The van der Waals surface area contributed by atoms with Crippen LogP contribution in [0.1, 0.15) is 51.7 Å². The van der Waals surface area contributed by atoms with E-state index in [2.05, 4.69) is 72.8 Å². The third kappa shape index (κ3) is 4.33. The normalized spacial score (nSPS) is 20.1. The molecule has 1 nitrogen and oxygen atoms in total. The SMILES string of the molecule is CC(Br)C1CCN(Cc2ccc(C(C)(C)C)cc2)CC1. The molecule has 1 aliphatic rings. The molecule has 0 aliphatic carbocycles. The third-order valence-corrected chi connectivity index (χ3v) is 5.26. The molecular weight excluding hydrogens is 310 g/mol. The Morgan fingerprint density at radius 3 is 2.15 bits per heavy atom. The van der Waals surface area contributed by atoms with Crippen LogP contribution >= 0.6 is 15.9 Å². The third-order valence-electron chi connectivity index (χ3n) is 4.51. The Balaban J connectivity index is 1.89. The Kier molecular flexibility index (Phi) is 5.30. The Morgan fingerprint density at radius 2 is 1.70 bits per heavy atom. The molecule has 2 heteroatoms. The summed E-state index contributed by atoms with van der Waals surface area (Å²) in [7, 11) is 0. The minimum atomic E-state index is 0.253. The molecule has 1 atom stereocenters. The molecule has 2 rings (SSSR count). The van der Waals surface area contributed by atoms with Crippen molar-refractivity contribution in [2.45, 2.75) is 57.3 Å². The van der Waals surface area contributed by atoms with Gasteiger partial charge in [-0.2, -0.15) is 0 Å². The lowest BCUT2D eigenvalue weighted by atomic mass is 9.86. The molecule has 0 N–H and O–H groups in total. The highest BCUT2D eigenvalue weighted by molar-refractivity contribution is 9.09. The van der Waals surface area contributed by atoms with Crippen LogP contribution in [0.25, 0.3) is 0 Å². The van der Waals surface area contributed by atoms with Gasteiger partial charge in [0.05, 0.1) is 0 Å². The Morgan fingerprint density at radius 1 is 1.15 bits per heavy atom. The maximum Gasteiger partial charge on any atom is 0.0233 e. The maximum absolute atomic E-state index is 3.73. The van der Waals surface area contributed by atoms with Crippen LogP contribution in [0.15, 0.2) is 24.3 Å². The van der Waals surface area contributed by atoms with Crippen molar-refractivity contribution in [3.05, 3.63) is 35.4 Å². The van der Waals surface area contributed by atoms with Crippen molar-refractivity contribution in [2.24, 2.45) is 5.92 Å². The standard InChI is InChI=1S/C18H28BrN/c1-14(19)16-9-11-20(12-10-16)13-15-5-7-17(8-6-15)18(2,3)4/h5-8,14,16H,9-13H2,1-4H3. The van der Waals surface area contributed by atoms with Gasteiger partial charge in [0.1, 0.15) is 0 Å². The van der Waals surface area contributed by atoms with Crippen LogP contribution in [0.2, 0.25) is 0 Å². The average molecular weight is 338 g/mol. The second-order valence-electron chi connectivity index (χ2n) is 7.24. The summed E-state index contributed by atoms with van der Waals surface area (Å²) < 4.78 is 0. The molecule has 0 aromatic heterocycles. The summed E-state index contributed by atoms with van der Waals surface area (Å²) in [6.07, 6.45) is 2.65. The fourth-order valence-corrected chi connectivity index (χ4v) is 3.47. The number of rotatable bonds is 3. The van der Waals surface area contributed by atoms with Crippen LogP contribution in [0, 0.1) is 5.92 Å². The topological polar surface area (TPSA) is 3.24 Å². The maximum atomic E-state index is 3.73. The van der Waals surface area contributed by atoms with Crippen molar-refractivity contribution in [3.63, 3.8) is 0 Å². The second-order valence-corrected chi connectivity index (χ2v) is 8.68. The van der Waals surface area contributed by atoms with Gasteiger partial charge in [-0.1, -0.05) is 67.9 Å². The fourth-order valence-electron chi connectivity index (χ4n) is 2.94. The van der Waals surface area contributed by atoms with Crippen LogP contribution < -0.4 is 0 Å². The van der Waals surface area contributed by atoms with Gasteiger partial charge in [0, 0.05) is 11.4 Å². The first kappa shape index (κ1) is 16.0. The van der Waals surface area contributed by atoms with E-state index in [4.69, 9.17) is 0 Å². The van der Waals surface area contributed by atoms with Crippen LogP contribution in [0.5, 0.6) is 0 Å². The highest BCUT2D eigenvalue weighted by Crippen LogP contribution is 2.26. The molecule has 0 bridgehead atoms. The van der Waals surface area contributed by atoms with E-state index in [9.17, 15) is 0 Å². The monoisotopic (exact) mass is 337 g/mol. The quantitative estimate of drug-likeness (QED) is 0.703. The number of hydrogen-bond donors (Lipinski definition) is 0. The van der Waals surface area contributed by atoms with Crippen molar-refractivity contribution in [1.82, 2.24) is 4.90 Å². The number of nitrogens with zero attached hydrogens (tertiary/aromatic N) is 1. The number of halogens is 1. The first-order chi connectivity index (χ1) is 9.36. The predicted octanol–water partition coefficient (Wildman–Crippen LogP) is 4.98. The molecule has 1 fully saturated rings. The van der Waals surface area contributed by atoms with E-state index >= 15 is 0 Å². The fraction of sp³-hybridized carbons (Fsp3) is 0.667. The number of likely N-dealkylation sites (tertiary alicyclic amines) is 1. The van der Waals surface area contributed by atoms with E-state index < -0.39 is 0 Å². The number of hydrogen-bond acceptors (Lipinski definition) is 1. The van der Waals surface area contributed by atoms with E-state index in [1.807, 2.05) is 0 Å². The zero-order valence-corrected chi connectivity index (χ0v) is 14.9. The Bertz CT molecular complexity index is 408. The largest absolute Gasteiger partial charge is 0.299 e. The van der Waals surface area contributed by atoms with Crippen LogP contribution in [0.4, 0.5) is 0 Å². The zero-order chi connectivity index (χ0) is 14.8. The lowest BCUT2D eigenvalue weighted by Crippen LogP contribution is -2.35. The molecule has 0 spiro atoms. The van der Waals surface area contributed by atoms with Gasteiger partial charge < -0.3 is 0 Å². The number of alkyl halides is 1. The van der Waals surface area contributed by atoms with E-state index in [0.29, 0.717) is 4.83 Å². The highest BCUT2D eigenvalue weighted by atomic mass is 79.9. The van der Waals surface area contributed by atoms with Gasteiger partial charge in [-0.25, -0.2) is 0 Å². The van der Waals surface area contributed by atoms with Gasteiger partial charge in [0.2, 0.25) is 0 Å². The zero-order valence-electron chi connectivity index (χ0n) is 13.3. The van der Waals surface area contributed by atoms with Crippen LogP contribution in [-0.4, -0.2) is 22.8 Å². The summed E-state index contributed by atoms with van der Waals surface area (Å²) in [6, 6.07) is 9.20. The van der Waals surface area contributed by atoms with Gasteiger partial charge in [-0.15, -0.1) is 0 Å². The van der Waals surface area contributed by atoms with Gasteiger partial charge in [-0.3, -0.25) is 4.90 Å². The predicted molar refractivity (Wildman–Crippen MR) is 91.5 cm³/mol. The molecule has 0 saturated carbocycles. The molecule has 112 valence electrons. The van der Waals surface area contributed by atoms with E-state index in [1.54, 1.807) is 0 Å². The first-order valence-corrected chi connectivity index (χ1v) is 8.73. The van der Waals surface area contributed by atoms with Crippen LogP contribution in [0.3, 0.4) is 0 Å². The van der Waals surface area contributed by atoms with E-state index in [-0.39, 0.29) is 5.41 Å². The van der Waals surface area contributed by atoms with Crippen molar-refractivity contribution in [1.29, 1.82) is 0 Å². The molecule has 1 unspecified atom stereocenters. The van der Waals surface area contributed by atoms with Gasteiger partial charge in [-0.05, 0) is 48.4 Å². The van der Waals surface area contributed by atoms with Crippen molar-refractivity contribution in [3.8, 4) is 0 Å². The first-order valence-electron chi connectivity index (χ1n) is 7.82. The lowest BCUT2D eigenvalue weighted by Gasteiger charge is -2.33. The van der Waals surface area contributed by atoms with E-state index in [0.717, 1.165) is 12.5 Å². The number of piperidine rings is 1. The molecule has 1 saturated heterocycles. The summed E-state index contributed by atoms with van der Waals surface area (Å²) in [4.78, 5) is 3.26. The molecule has 1 aliphatic heterocycles. The van der Waals surface area contributed by atoms with Crippen molar-refractivity contribution in [2.75, 3.05) is 13.1 Å². The molecule has 1 heterocycles. The van der Waals surface area contributed by atoms with Gasteiger partial charge >= 0.3 is 0 Å². The minimum Gasteiger partial charge on any atom is -0.299 e. The smallest absolute Gasteiger partial charge is 0.0233 e. The van der Waals surface area contributed by atoms with Crippen molar-refractivity contribution >= 4 is 15.9 Å². The number of benzene rings is 1. The minimum absolute atomic E-state index is 0.253. The highest BCUT2D eigenvalue weighted by Gasteiger charge is 2.22. The Labute approximate surface area is 132 Å². The van der Waals surface area contributed by atoms with E-state index in [1.165, 1.54) is 37.1 Å². The Hall–Kier alpha value is -0.340. The summed E-state index contributed by atoms with van der Waals surface area (Å²) >= 11 is 3.73. The summed E-state index contributed by atoms with van der Waals surface area (Å²) in [6.45, 7) is 12.7. The van der Waals surface area contributed by atoms with Gasteiger partial charge in [0.25, 0.3) is 0 Å². The van der Waals surface area contributed by atoms with Gasteiger partial charge in [0.15, 0.2) is 0 Å². The molecule has 0 radical (unpaired) electrons. The summed E-state index contributed by atoms with van der Waals surface area (Å²) in [5, 5.41) is 0. The molecule has 1 aromatic rings. The second kappa shape index (κ2) is 6.62.